The van der Waals surface area contributed by atoms with Gasteiger partial charge in [-0.25, -0.2) is 0 Å². The zero-order valence-electron chi connectivity index (χ0n) is 20.1. The lowest BCUT2D eigenvalue weighted by Crippen LogP contribution is -3.00. The number of para-hydroxylation sites is 2. The van der Waals surface area contributed by atoms with Gasteiger partial charge in [0.15, 0.2) is 11.5 Å². The van der Waals surface area contributed by atoms with Crippen LogP contribution in [0.25, 0.3) is 0 Å². The fourth-order valence-corrected chi connectivity index (χ4v) is 3.94. The van der Waals surface area contributed by atoms with Crippen molar-refractivity contribution in [3.8, 4) is 23.0 Å². The van der Waals surface area contributed by atoms with E-state index in [1.165, 1.54) is 0 Å². The fraction of sp³-hybridized carbons (Fsp3) is 0.500. The van der Waals surface area contributed by atoms with Gasteiger partial charge in [-0.1, -0.05) is 12.1 Å². The number of hydrogen-bond donors (Lipinski definition) is 1. The third kappa shape index (κ3) is 7.71. The minimum Gasteiger partial charge on any atom is -1.00 e. The summed E-state index contributed by atoms with van der Waals surface area (Å²) in [5, 5.41) is 10.5. The number of methoxy groups -OCH3 is 4. The van der Waals surface area contributed by atoms with E-state index in [4.69, 9.17) is 23.7 Å². The van der Waals surface area contributed by atoms with Crippen molar-refractivity contribution < 1.29 is 53.6 Å². The Bertz CT molecular complexity index is 840. The molecule has 1 unspecified atom stereocenters. The first-order valence-electron chi connectivity index (χ1n) is 10.7. The molecule has 0 bridgehead atoms. The van der Waals surface area contributed by atoms with E-state index in [1.807, 2.05) is 30.3 Å². The summed E-state index contributed by atoms with van der Waals surface area (Å²) in [4.78, 5) is 4.59. The van der Waals surface area contributed by atoms with Crippen molar-refractivity contribution in [2.24, 2.45) is 0 Å². The van der Waals surface area contributed by atoms with Gasteiger partial charge >= 0.3 is 0 Å². The second kappa shape index (κ2) is 15.0. The number of aliphatic hydroxyl groups excluding tert-OH is 1. The molecule has 0 radical (unpaired) electrons. The number of benzene rings is 2. The average molecular weight is 517 g/mol. The van der Waals surface area contributed by atoms with Gasteiger partial charge in [0, 0.05) is 32.7 Å². The van der Waals surface area contributed by atoms with E-state index in [9.17, 15) is 5.11 Å². The molecule has 0 aliphatic carbocycles. The lowest BCUT2D eigenvalue weighted by molar-refractivity contribution is -0.001000. The topological polar surface area (TPSA) is 72.9 Å². The molecule has 2 aromatic rings. The molecule has 0 aromatic heterocycles. The highest BCUT2D eigenvalue weighted by molar-refractivity contribution is 5.58. The number of hydrogen-bond acceptors (Lipinski definition) is 8. The molecule has 1 fully saturated rings. The molecule has 1 aliphatic heterocycles. The van der Waals surface area contributed by atoms with E-state index in [0.29, 0.717) is 30.4 Å². The van der Waals surface area contributed by atoms with Gasteiger partial charge in [-0.05, 0) is 29.8 Å². The van der Waals surface area contributed by atoms with Crippen LogP contribution in [0, 0.1) is 0 Å². The summed E-state index contributed by atoms with van der Waals surface area (Å²) >= 11 is 0. The first-order chi connectivity index (χ1) is 15.6. The Balaban J connectivity index is 0.00000289. The number of anilines is 1. The van der Waals surface area contributed by atoms with Crippen molar-refractivity contribution in [3.63, 3.8) is 0 Å². The Hall–Kier alpha value is -2.10. The molecule has 1 saturated heterocycles. The van der Waals surface area contributed by atoms with Crippen molar-refractivity contribution >= 4 is 5.69 Å². The molecule has 0 amide bonds. The van der Waals surface area contributed by atoms with Crippen LogP contribution in [0.2, 0.25) is 0 Å². The molecule has 0 saturated carbocycles. The molecule has 34 heavy (non-hydrogen) atoms. The molecule has 1 aliphatic rings. The number of nitrogens with zero attached hydrogens (tertiary/aromatic N) is 2. The Labute approximate surface area is 214 Å². The number of aliphatic hydroxyl groups is 1. The third-order valence-electron chi connectivity index (χ3n) is 5.57. The molecule has 1 heterocycles. The number of halogens is 2. The maximum absolute atomic E-state index is 10.5. The van der Waals surface area contributed by atoms with Gasteiger partial charge in [-0.3, -0.25) is 4.90 Å². The molecule has 192 valence electrons. The molecule has 10 heteroatoms. The van der Waals surface area contributed by atoms with Crippen molar-refractivity contribution in [3.05, 3.63) is 42.0 Å². The first kappa shape index (κ1) is 29.9. The first-order valence-corrected chi connectivity index (χ1v) is 10.7. The summed E-state index contributed by atoms with van der Waals surface area (Å²) in [6.45, 7) is 4.70. The Morgan fingerprint density at radius 1 is 0.824 bits per heavy atom. The summed E-state index contributed by atoms with van der Waals surface area (Å²) in [6.07, 6.45) is -0.560. The maximum atomic E-state index is 10.5. The van der Waals surface area contributed by atoms with Crippen LogP contribution in [0.15, 0.2) is 36.4 Å². The highest BCUT2D eigenvalue weighted by atomic mass is 35.5. The Morgan fingerprint density at radius 3 is 1.97 bits per heavy atom. The summed E-state index contributed by atoms with van der Waals surface area (Å²) in [5.41, 5.74) is 2.00. The van der Waals surface area contributed by atoms with Gasteiger partial charge < -0.3 is 58.5 Å². The van der Waals surface area contributed by atoms with Crippen LogP contribution in [-0.4, -0.2) is 83.9 Å². The quantitative estimate of drug-likeness (QED) is 0.329. The number of β-amino-alcohol motifs (C(OH)–C–C–N with tert-alkyl or cyclic N) is 1. The zero-order valence-corrected chi connectivity index (χ0v) is 21.6. The molecular formula is C24H34Cl2N2O6-2. The summed E-state index contributed by atoms with van der Waals surface area (Å²) in [5.74, 6) is 2.60. The van der Waals surface area contributed by atoms with Gasteiger partial charge in [0.05, 0.1) is 53.4 Å². The SMILES string of the molecule is COc1ccccc1N1CCN(CC(O)COCc2cc(OC)c(OC)c(OC)c2)CC1.[Cl-].[Cl-]. The van der Waals surface area contributed by atoms with E-state index in [1.54, 1.807) is 28.4 Å². The van der Waals surface area contributed by atoms with Crippen LogP contribution < -0.4 is 48.7 Å². The molecule has 1 atom stereocenters. The van der Waals surface area contributed by atoms with Crippen molar-refractivity contribution in [2.75, 3.05) is 72.7 Å². The van der Waals surface area contributed by atoms with E-state index in [0.717, 1.165) is 43.2 Å². The summed E-state index contributed by atoms with van der Waals surface area (Å²) in [6, 6.07) is 11.8. The molecule has 1 N–H and O–H groups in total. The van der Waals surface area contributed by atoms with Crippen molar-refractivity contribution in [1.29, 1.82) is 0 Å². The standard InChI is InChI=1S/C24H34N2O6.2ClH/c1-28-21-8-6-5-7-20(21)26-11-9-25(10-12-26)15-19(27)17-32-16-18-13-22(29-2)24(31-4)23(14-18)30-3;;/h5-8,13-14,19,27H,9-12,15-17H2,1-4H3;2*1H/p-2. The second-order valence-electron chi connectivity index (χ2n) is 7.66. The van der Waals surface area contributed by atoms with Crippen LogP contribution in [-0.2, 0) is 11.3 Å². The van der Waals surface area contributed by atoms with Gasteiger partial charge in [-0.2, -0.15) is 0 Å². The van der Waals surface area contributed by atoms with Gasteiger partial charge in [0.1, 0.15) is 5.75 Å². The molecule has 8 nitrogen and oxygen atoms in total. The molecule has 2 aromatic carbocycles. The number of rotatable bonds is 11. The predicted molar refractivity (Wildman–Crippen MR) is 123 cm³/mol. The van der Waals surface area contributed by atoms with E-state index >= 15 is 0 Å². The maximum Gasteiger partial charge on any atom is 0.203 e. The van der Waals surface area contributed by atoms with Crippen LogP contribution >= 0.6 is 0 Å². The minimum atomic E-state index is -0.560. The molecular weight excluding hydrogens is 483 g/mol. The predicted octanol–water partition coefficient (Wildman–Crippen LogP) is -3.57. The largest absolute Gasteiger partial charge is 1.00 e. The Morgan fingerprint density at radius 2 is 1.41 bits per heavy atom. The van der Waals surface area contributed by atoms with Crippen LogP contribution in [0.4, 0.5) is 5.69 Å². The van der Waals surface area contributed by atoms with Crippen LogP contribution in [0.3, 0.4) is 0 Å². The van der Waals surface area contributed by atoms with Gasteiger partial charge in [-0.15, -0.1) is 0 Å². The summed E-state index contributed by atoms with van der Waals surface area (Å²) in [7, 11) is 6.44. The van der Waals surface area contributed by atoms with Crippen LogP contribution in [0.5, 0.6) is 23.0 Å². The lowest BCUT2D eigenvalue weighted by Gasteiger charge is -2.37. The molecule has 0 spiro atoms. The van der Waals surface area contributed by atoms with Crippen LogP contribution in [0.1, 0.15) is 5.56 Å². The third-order valence-corrected chi connectivity index (χ3v) is 5.57. The normalized spacial score (nSPS) is 14.4. The second-order valence-corrected chi connectivity index (χ2v) is 7.66. The summed E-state index contributed by atoms with van der Waals surface area (Å²) < 4.78 is 27.3. The zero-order chi connectivity index (χ0) is 22.9. The number of piperazine rings is 1. The van der Waals surface area contributed by atoms with E-state index in [2.05, 4.69) is 15.9 Å². The highest BCUT2D eigenvalue weighted by Crippen LogP contribution is 2.38. The van der Waals surface area contributed by atoms with E-state index in [-0.39, 0.29) is 31.4 Å². The molecule has 3 rings (SSSR count). The van der Waals surface area contributed by atoms with Gasteiger partial charge in [0.25, 0.3) is 0 Å². The van der Waals surface area contributed by atoms with Gasteiger partial charge in [0.2, 0.25) is 5.75 Å². The lowest BCUT2D eigenvalue weighted by atomic mass is 10.2. The average Bonchev–Trinajstić information content (AvgIpc) is 2.83. The minimum absolute atomic E-state index is 0. The van der Waals surface area contributed by atoms with E-state index < -0.39 is 6.10 Å². The van der Waals surface area contributed by atoms with Crippen molar-refractivity contribution in [1.82, 2.24) is 4.90 Å². The smallest absolute Gasteiger partial charge is 0.203 e. The highest BCUT2D eigenvalue weighted by Gasteiger charge is 2.21. The Kier molecular flexibility index (Phi) is 13.2. The van der Waals surface area contributed by atoms with Crippen molar-refractivity contribution in [2.45, 2.75) is 12.7 Å². The fourth-order valence-electron chi connectivity index (χ4n) is 3.94. The number of ether oxygens (including phenoxy) is 5. The monoisotopic (exact) mass is 516 g/mol.